The highest BCUT2D eigenvalue weighted by atomic mass is 16.2. The van der Waals surface area contributed by atoms with E-state index in [4.69, 9.17) is 0 Å². The number of nitrogens with one attached hydrogen (secondary N) is 2. The van der Waals surface area contributed by atoms with Crippen LogP contribution in [0.5, 0.6) is 0 Å². The molecule has 19 heavy (non-hydrogen) atoms. The van der Waals surface area contributed by atoms with Gasteiger partial charge in [0.15, 0.2) is 0 Å². The fourth-order valence-electron chi connectivity index (χ4n) is 2.38. The summed E-state index contributed by atoms with van der Waals surface area (Å²) in [6, 6.07) is 10.4. The first-order chi connectivity index (χ1) is 9.10. The van der Waals surface area contributed by atoms with Gasteiger partial charge in [0.2, 0.25) is 5.91 Å². The van der Waals surface area contributed by atoms with E-state index < -0.39 is 5.41 Å². The van der Waals surface area contributed by atoms with Crippen LogP contribution in [0.3, 0.4) is 0 Å². The highest BCUT2D eigenvalue weighted by Crippen LogP contribution is 2.31. The Labute approximate surface area is 116 Å². The summed E-state index contributed by atoms with van der Waals surface area (Å²) in [4.78, 5) is 12.6. The molecule has 0 bridgehead atoms. The van der Waals surface area contributed by atoms with E-state index in [0.29, 0.717) is 6.54 Å². The number of carbonyl (C=O) groups excluding carboxylic acids is 1. The van der Waals surface area contributed by atoms with Crippen molar-refractivity contribution in [3.05, 3.63) is 35.9 Å². The Morgan fingerprint density at radius 1 is 1.21 bits per heavy atom. The van der Waals surface area contributed by atoms with Crippen LogP contribution >= 0.6 is 0 Å². The fraction of sp³-hybridized carbons (Fsp3) is 0.562. The molecule has 0 aliphatic carbocycles. The third-order valence-electron chi connectivity index (χ3n) is 4.03. The molecule has 0 heterocycles. The van der Waals surface area contributed by atoms with Gasteiger partial charge < -0.3 is 10.6 Å². The van der Waals surface area contributed by atoms with Crippen molar-refractivity contribution in [2.75, 3.05) is 13.6 Å². The van der Waals surface area contributed by atoms with E-state index in [-0.39, 0.29) is 11.9 Å². The van der Waals surface area contributed by atoms with Crippen LogP contribution in [0.4, 0.5) is 0 Å². The zero-order valence-corrected chi connectivity index (χ0v) is 12.5. The first kappa shape index (κ1) is 15.7. The Kier molecular flexibility index (Phi) is 6.03. The molecule has 1 aromatic rings. The molecule has 0 saturated carbocycles. The van der Waals surface area contributed by atoms with E-state index in [1.54, 1.807) is 0 Å². The van der Waals surface area contributed by atoms with Crippen molar-refractivity contribution in [3.8, 4) is 0 Å². The molecule has 3 nitrogen and oxygen atoms in total. The minimum absolute atomic E-state index is 0.130. The van der Waals surface area contributed by atoms with Gasteiger partial charge >= 0.3 is 0 Å². The Hall–Kier alpha value is -1.35. The van der Waals surface area contributed by atoms with E-state index in [1.807, 2.05) is 37.4 Å². The van der Waals surface area contributed by atoms with Gasteiger partial charge in [-0.15, -0.1) is 0 Å². The average Bonchev–Trinajstić information content (AvgIpc) is 2.47. The summed E-state index contributed by atoms with van der Waals surface area (Å²) in [5.41, 5.74) is 0.698. The summed E-state index contributed by atoms with van der Waals surface area (Å²) >= 11 is 0. The van der Waals surface area contributed by atoms with Gasteiger partial charge in [-0.3, -0.25) is 4.79 Å². The van der Waals surface area contributed by atoms with Gasteiger partial charge in [-0.25, -0.2) is 0 Å². The summed E-state index contributed by atoms with van der Waals surface area (Å²) in [5.74, 6) is 0.130. The van der Waals surface area contributed by atoms with Crippen molar-refractivity contribution in [1.82, 2.24) is 10.6 Å². The molecular weight excluding hydrogens is 236 g/mol. The third kappa shape index (κ3) is 3.57. The summed E-state index contributed by atoms with van der Waals surface area (Å²) in [5, 5.41) is 6.21. The normalized spacial score (nSPS) is 13.1. The highest BCUT2D eigenvalue weighted by molar-refractivity contribution is 5.88. The maximum Gasteiger partial charge on any atom is 0.230 e. The number of hydrogen-bond donors (Lipinski definition) is 2. The van der Waals surface area contributed by atoms with Crippen molar-refractivity contribution in [1.29, 1.82) is 0 Å². The maximum atomic E-state index is 12.6. The van der Waals surface area contributed by atoms with Crippen LogP contribution in [0.25, 0.3) is 0 Å². The molecular formula is C16H26N2O. The SMILES string of the molecule is CCC(CC)(C(=O)NCC(C)NC)c1ccccc1. The predicted molar refractivity (Wildman–Crippen MR) is 80.2 cm³/mol. The third-order valence-corrected chi connectivity index (χ3v) is 4.03. The van der Waals surface area contributed by atoms with Crippen LogP contribution in [-0.4, -0.2) is 25.5 Å². The molecule has 0 aliphatic rings. The Morgan fingerprint density at radius 2 is 1.79 bits per heavy atom. The molecule has 3 heteroatoms. The first-order valence-electron chi connectivity index (χ1n) is 7.11. The van der Waals surface area contributed by atoms with Crippen molar-refractivity contribution in [3.63, 3.8) is 0 Å². The highest BCUT2D eigenvalue weighted by Gasteiger charge is 2.36. The van der Waals surface area contributed by atoms with Gasteiger partial charge in [-0.2, -0.15) is 0 Å². The topological polar surface area (TPSA) is 41.1 Å². The van der Waals surface area contributed by atoms with Gasteiger partial charge in [0.25, 0.3) is 0 Å². The molecule has 2 N–H and O–H groups in total. The van der Waals surface area contributed by atoms with E-state index in [2.05, 4.69) is 31.4 Å². The Balaban J connectivity index is 2.90. The predicted octanol–water partition coefficient (Wildman–Crippen LogP) is 2.47. The average molecular weight is 262 g/mol. The van der Waals surface area contributed by atoms with Gasteiger partial charge in [0, 0.05) is 12.6 Å². The van der Waals surface area contributed by atoms with Crippen molar-refractivity contribution < 1.29 is 4.79 Å². The van der Waals surface area contributed by atoms with Crippen molar-refractivity contribution >= 4 is 5.91 Å². The van der Waals surface area contributed by atoms with E-state index >= 15 is 0 Å². The first-order valence-corrected chi connectivity index (χ1v) is 7.11. The number of amides is 1. The maximum absolute atomic E-state index is 12.6. The van der Waals surface area contributed by atoms with Gasteiger partial charge in [0.1, 0.15) is 0 Å². The van der Waals surface area contributed by atoms with Crippen LogP contribution in [0.15, 0.2) is 30.3 Å². The molecule has 0 fully saturated rings. The Morgan fingerprint density at radius 3 is 2.26 bits per heavy atom. The fourth-order valence-corrected chi connectivity index (χ4v) is 2.38. The van der Waals surface area contributed by atoms with E-state index in [9.17, 15) is 4.79 Å². The number of hydrogen-bond acceptors (Lipinski definition) is 2. The minimum Gasteiger partial charge on any atom is -0.354 e. The van der Waals surface area contributed by atoms with Gasteiger partial charge in [-0.1, -0.05) is 44.2 Å². The second-order valence-corrected chi connectivity index (χ2v) is 5.05. The zero-order valence-electron chi connectivity index (χ0n) is 12.5. The standard InChI is InChI=1S/C16H26N2O/c1-5-16(6-2,14-10-8-7-9-11-14)15(19)18-12-13(3)17-4/h7-11,13,17H,5-6,12H2,1-4H3,(H,18,19). The molecule has 0 spiro atoms. The van der Waals surface area contributed by atoms with Crippen LogP contribution in [-0.2, 0) is 10.2 Å². The number of benzene rings is 1. The second kappa shape index (κ2) is 7.29. The second-order valence-electron chi connectivity index (χ2n) is 5.05. The molecule has 1 atom stereocenters. The summed E-state index contributed by atoms with van der Waals surface area (Å²) < 4.78 is 0. The molecule has 0 aliphatic heterocycles. The lowest BCUT2D eigenvalue weighted by molar-refractivity contribution is -0.127. The Bertz CT molecular complexity index is 385. The zero-order chi connectivity index (χ0) is 14.3. The van der Waals surface area contributed by atoms with E-state index in [1.165, 1.54) is 0 Å². The molecule has 0 radical (unpaired) electrons. The molecule has 1 unspecified atom stereocenters. The molecule has 0 saturated heterocycles. The molecule has 106 valence electrons. The molecule has 0 aromatic heterocycles. The largest absolute Gasteiger partial charge is 0.354 e. The van der Waals surface area contributed by atoms with Crippen LogP contribution < -0.4 is 10.6 Å². The quantitative estimate of drug-likeness (QED) is 0.792. The van der Waals surface area contributed by atoms with E-state index in [0.717, 1.165) is 18.4 Å². The lowest BCUT2D eigenvalue weighted by atomic mass is 9.75. The van der Waals surface area contributed by atoms with Crippen molar-refractivity contribution in [2.45, 2.75) is 45.1 Å². The summed E-state index contributed by atoms with van der Waals surface area (Å²) in [6.45, 7) is 6.88. The minimum atomic E-state index is -0.408. The van der Waals surface area contributed by atoms with Crippen LogP contribution in [0, 0.1) is 0 Å². The van der Waals surface area contributed by atoms with Crippen molar-refractivity contribution in [2.24, 2.45) is 0 Å². The number of carbonyl (C=O) groups is 1. The van der Waals surface area contributed by atoms with Gasteiger partial charge in [0.05, 0.1) is 5.41 Å². The lowest BCUT2D eigenvalue weighted by Crippen LogP contribution is -2.47. The number of rotatable bonds is 7. The summed E-state index contributed by atoms with van der Waals surface area (Å²) in [6.07, 6.45) is 1.63. The smallest absolute Gasteiger partial charge is 0.230 e. The van der Waals surface area contributed by atoms with Crippen LogP contribution in [0.1, 0.15) is 39.2 Å². The monoisotopic (exact) mass is 262 g/mol. The molecule has 1 amide bonds. The van der Waals surface area contributed by atoms with Crippen LogP contribution in [0.2, 0.25) is 0 Å². The molecule has 1 aromatic carbocycles. The van der Waals surface area contributed by atoms with Gasteiger partial charge in [-0.05, 0) is 32.4 Å². The summed E-state index contributed by atoms with van der Waals surface area (Å²) in [7, 11) is 1.90. The lowest BCUT2D eigenvalue weighted by Gasteiger charge is -2.31. The number of likely N-dealkylation sites (N-methyl/N-ethyl adjacent to an activating group) is 1. The molecule has 1 rings (SSSR count).